The summed E-state index contributed by atoms with van der Waals surface area (Å²) in [7, 11) is 0. The molecule has 1 N–H and O–H groups in total. The SMILES string of the molecule is CC(C)C(=O)NC1CC2CN(C(=O)CCN3CCN(C(C)C)CC3)CC2C1. The fourth-order valence-electron chi connectivity index (χ4n) is 4.90. The lowest BCUT2D eigenvalue weighted by molar-refractivity contribution is -0.131. The number of likely N-dealkylation sites (tertiary alicyclic amines) is 1. The van der Waals surface area contributed by atoms with Crippen molar-refractivity contribution in [1.29, 1.82) is 0 Å². The molecule has 0 aromatic heterocycles. The fourth-order valence-corrected chi connectivity index (χ4v) is 4.90. The highest BCUT2D eigenvalue weighted by molar-refractivity contribution is 5.78. The minimum Gasteiger partial charge on any atom is -0.353 e. The molecule has 1 saturated carbocycles. The molecule has 0 radical (unpaired) electrons. The van der Waals surface area contributed by atoms with Gasteiger partial charge in [0, 0.05) is 70.2 Å². The van der Waals surface area contributed by atoms with E-state index in [4.69, 9.17) is 0 Å². The lowest BCUT2D eigenvalue weighted by Crippen LogP contribution is -2.49. The molecule has 154 valence electrons. The molecule has 2 atom stereocenters. The average molecular weight is 379 g/mol. The lowest BCUT2D eigenvalue weighted by Gasteiger charge is -2.37. The van der Waals surface area contributed by atoms with Crippen LogP contribution in [0.3, 0.4) is 0 Å². The van der Waals surface area contributed by atoms with Crippen molar-refractivity contribution in [3.8, 4) is 0 Å². The second-order valence-corrected chi connectivity index (χ2v) is 9.37. The van der Waals surface area contributed by atoms with Crippen LogP contribution in [-0.2, 0) is 9.59 Å². The molecule has 3 rings (SSSR count). The molecular weight excluding hydrogens is 340 g/mol. The van der Waals surface area contributed by atoms with Gasteiger partial charge in [0.25, 0.3) is 0 Å². The van der Waals surface area contributed by atoms with Gasteiger partial charge < -0.3 is 15.1 Å². The van der Waals surface area contributed by atoms with Crippen molar-refractivity contribution >= 4 is 11.8 Å². The topological polar surface area (TPSA) is 55.9 Å². The first-order valence-corrected chi connectivity index (χ1v) is 10.9. The van der Waals surface area contributed by atoms with Gasteiger partial charge in [0.05, 0.1) is 0 Å². The van der Waals surface area contributed by atoms with Crippen LogP contribution in [0.15, 0.2) is 0 Å². The molecule has 0 bridgehead atoms. The Morgan fingerprint density at radius 2 is 1.56 bits per heavy atom. The average Bonchev–Trinajstić information content (AvgIpc) is 3.18. The van der Waals surface area contributed by atoms with E-state index in [1.54, 1.807) is 0 Å². The molecule has 2 aliphatic heterocycles. The molecule has 2 unspecified atom stereocenters. The van der Waals surface area contributed by atoms with E-state index >= 15 is 0 Å². The van der Waals surface area contributed by atoms with Crippen LogP contribution >= 0.6 is 0 Å². The Labute approximate surface area is 164 Å². The van der Waals surface area contributed by atoms with Gasteiger partial charge in [0.15, 0.2) is 0 Å². The number of nitrogens with one attached hydrogen (secondary N) is 1. The summed E-state index contributed by atoms with van der Waals surface area (Å²) in [6, 6.07) is 0.927. The molecule has 3 fully saturated rings. The van der Waals surface area contributed by atoms with Crippen LogP contribution in [0.2, 0.25) is 0 Å². The minimum absolute atomic E-state index is 0.0471. The highest BCUT2D eigenvalue weighted by Gasteiger charge is 2.42. The smallest absolute Gasteiger partial charge is 0.223 e. The fraction of sp³-hybridized carbons (Fsp3) is 0.905. The molecule has 1 aliphatic carbocycles. The zero-order valence-corrected chi connectivity index (χ0v) is 17.6. The largest absolute Gasteiger partial charge is 0.353 e. The Morgan fingerprint density at radius 1 is 0.963 bits per heavy atom. The first kappa shape index (κ1) is 20.6. The van der Waals surface area contributed by atoms with E-state index in [1.165, 1.54) is 0 Å². The molecule has 0 spiro atoms. The standard InChI is InChI=1S/C21H38N4O2/c1-15(2)21(27)22-19-11-17-13-25(14-18(17)12-19)20(26)5-6-23-7-9-24(10-8-23)16(3)4/h15-19H,5-14H2,1-4H3,(H,22,27). The molecule has 3 aliphatic rings. The van der Waals surface area contributed by atoms with Gasteiger partial charge in [-0.3, -0.25) is 14.5 Å². The van der Waals surface area contributed by atoms with Crippen molar-refractivity contribution in [2.24, 2.45) is 17.8 Å². The number of fused-ring (bicyclic) bond motifs is 1. The van der Waals surface area contributed by atoms with E-state index in [1.807, 2.05) is 13.8 Å². The number of nitrogens with zero attached hydrogens (tertiary/aromatic N) is 3. The van der Waals surface area contributed by atoms with Crippen molar-refractivity contribution in [2.45, 2.75) is 59.0 Å². The molecule has 27 heavy (non-hydrogen) atoms. The van der Waals surface area contributed by atoms with Gasteiger partial charge in [0.2, 0.25) is 11.8 Å². The van der Waals surface area contributed by atoms with Crippen LogP contribution in [0.5, 0.6) is 0 Å². The molecular formula is C21H38N4O2. The summed E-state index contributed by atoms with van der Waals surface area (Å²) >= 11 is 0. The maximum Gasteiger partial charge on any atom is 0.223 e. The summed E-state index contributed by atoms with van der Waals surface area (Å²) < 4.78 is 0. The van der Waals surface area contributed by atoms with Gasteiger partial charge in [-0.15, -0.1) is 0 Å². The Morgan fingerprint density at radius 3 is 2.07 bits per heavy atom. The number of hydrogen-bond donors (Lipinski definition) is 1. The summed E-state index contributed by atoms with van der Waals surface area (Å²) in [6.07, 6.45) is 2.71. The molecule has 6 nitrogen and oxygen atoms in total. The number of carbonyl (C=O) groups excluding carboxylic acids is 2. The molecule has 6 heteroatoms. The number of carbonyl (C=O) groups is 2. The lowest BCUT2D eigenvalue weighted by atomic mass is 10.0. The van der Waals surface area contributed by atoms with E-state index in [0.29, 0.717) is 36.2 Å². The highest BCUT2D eigenvalue weighted by Crippen LogP contribution is 2.38. The van der Waals surface area contributed by atoms with Crippen molar-refractivity contribution < 1.29 is 9.59 Å². The molecule has 2 amide bonds. The number of piperazine rings is 1. The summed E-state index contributed by atoms with van der Waals surface area (Å²) in [5.41, 5.74) is 0. The van der Waals surface area contributed by atoms with Gasteiger partial charge in [-0.1, -0.05) is 13.8 Å². The third-order valence-corrected chi connectivity index (χ3v) is 6.75. The maximum absolute atomic E-state index is 12.7. The van der Waals surface area contributed by atoms with Crippen LogP contribution in [-0.4, -0.2) is 84.4 Å². The van der Waals surface area contributed by atoms with E-state index in [2.05, 4.69) is 33.9 Å². The van der Waals surface area contributed by atoms with E-state index in [0.717, 1.165) is 58.7 Å². The monoisotopic (exact) mass is 378 g/mol. The normalized spacial score (nSPS) is 29.6. The maximum atomic E-state index is 12.7. The Kier molecular flexibility index (Phi) is 6.79. The van der Waals surface area contributed by atoms with Crippen molar-refractivity contribution in [3.63, 3.8) is 0 Å². The van der Waals surface area contributed by atoms with Gasteiger partial charge in [0.1, 0.15) is 0 Å². The summed E-state index contributed by atoms with van der Waals surface area (Å²) in [4.78, 5) is 31.6. The third-order valence-electron chi connectivity index (χ3n) is 6.75. The Bertz CT molecular complexity index is 514. The minimum atomic E-state index is 0.0471. The Balaban J connectivity index is 1.36. The quantitative estimate of drug-likeness (QED) is 0.759. The zero-order valence-electron chi connectivity index (χ0n) is 17.6. The predicted octanol–water partition coefficient (Wildman–Crippen LogP) is 1.41. The van der Waals surface area contributed by atoms with E-state index in [9.17, 15) is 9.59 Å². The first-order chi connectivity index (χ1) is 12.8. The van der Waals surface area contributed by atoms with Gasteiger partial charge in [-0.05, 0) is 38.5 Å². The first-order valence-electron chi connectivity index (χ1n) is 10.9. The highest BCUT2D eigenvalue weighted by atomic mass is 16.2. The summed E-state index contributed by atoms with van der Waals surface area (Å²) in [6.45, 7) is 15.4. The van der Waals surface area contributed by atoms with Gasteiger partial charge >= 0.3 is 0 Å². The Hall–Kier alpha value is -1.14. The number of rotatable bonds is 6. The van der Waals surface area contributed by atoms with Crippen molar-refractivity contribution in [2.75, 3.05) is 45.8 Å². The van der Waals surface area contributed by atoms with Crippen LogP contribution < -0.4 is 5.32 Å². The van der Waals surface area contributed by atoms with Crippen LogP contribution in [0.1, 0.15) is 47.0 Å². The van der Waals surface area contributed by atoms with Crippen LogP contribution in [0.4, 0.5) is 0 Å². The van der Waals surface area contributed by atoms with Crippen LogP contribution in [0.25, 0.3) is 0 Å². The predicted molar refractivity (Wildman–Crippen MR) is 107 cm³/mol. The molecule has 0 aromatic carbocycles. The van der Waals surface area contributed by atoms with Gasteiger partial charge in [-0.2, -0.15) is 0 Å². The van der Waals surface area contributed by atoms with Crippen LogP contribution in [0, 0.1) is 17.8 Å². The second kappa shape index (κ2) is 8.91. The van der Waals surface area contributed by atoms with Crippen molar-refractivity contribution in [3.05, 3.63) is 0 Å². The third kappa shape index (κ3) is 5.23. The van der Waals surface area contributed by atoms with E-state index in [-0.39, 0.29) is 11.8 Å². The number of amides is 2. The zero-order chi connectivity index (χ0) is 19.6. The molecule has 0 aromatic rings. The summed E-state index contributed by atoms with van der Waals surface area (Å²) in [5, 5.41) is 3.18. The molecule has 2 heterocycles. The van der Waals surface area contributed by atoms with Crippen molar-refractivity contribution in [1.82, 2.24) is 20.0 Å². The summed E-state index contributed by atoms with van der Waals surface area (Å²) in [5.74, 6) is 1.66. The van der Waals surface area contributed by atoms with Gasteiger partial charge in [-0.25, -0.2) is 0 Å². The number of hydrogen-bond acceptors (Lipinski definition) is 4. The second-order valence-electron chi connectivity index (χ2n) is 9.37. The molecule has 2 saturated heterocycles. The van der Waals surface area contributed by atoms with E-state index < -0.39 is 0 Å².